The van der Waals surface area contributed by atoms with Crippen LogP contribution < -0.4 is 0 Å². The van der Waals surface area contributed by atoms with Crippen LogP contribution in [0.5, 0.6) is 0 Å². The van der Waals surface area contributed by atoms with Crippen molar-refractivity contribution in [3.8, 4) is 29.0 Å². The summed E-state index contributed by atoms with van der Waals surface area (Å²) in [5.74, 6) is 0.870. The molecular weight excluding hydrogens is 308 g/mol. The number of halogens is 1. The summed E-state index contributed by atoms with van der Waals surface area (Å²) in [5.41, 5.74) is 2.02. The van der Waals surface area contributed by atoms with Gasteiger partial charge in [0.1, 0.15) is 11.8 Å². The molecule has 0 radical (unpaired) electrons. The first kappa shape index (κ1) is 11.7. The van der Waals surface area contributed by atoms with E-state index in [1.54, 1.807) is 12.3 Å². The molecule has 0 aliphatic heterocycles. The van der Waals surface area contributed by atoms with Crippen molar-refractivity contribution in [3.63, 3.8) is 0 Å². The highest BCUT2D eigenvalue weighted by Gasteiger charge is 2.12. The number of nitrogens with zero attached hydrogens (tertiary/aromatic N) is 3. The van der Waals surface area contributed by atoms with E-state index in [1.807, 2.05) is 30.3 Å². The standard InChI is InChI=1S/C13H7BrN4O/c14-10-3-1-9(2-4-10)12-17-13(19-18-12)11-5-8(6-15)7-16-11/h1-5,7,16H. The van der Waals surface area contributed by atoms with Gasteiger partial charge >= 0.3 is 0 Å². The molecule has 0 amide bonds. The highest BCUT2D eigenvalue weighted by Crippen LogP contribution is 2.23. The van der Waals surface area contributed by atoms with Crippen LogP contribution in [-0.2, 0) is 0 Å². The van der Waals surface area contributed by atoms with Crippen LogP contribution in [0.3, 0.4) is 0 Å². The van der Waals surface area contributed by atoms with E-state index in [-0.39, 0.29) is 0 Å². The van der Waals surface area contributed by atoms with E-state index in [1.165, 1.54) is 0 Å². The third kappa shape index (κ3) is 2.28. The molecule has 0 aliphatic rings. The number of nitrogens with one attached hydrogen (secondary N) is 1. The smallest absolute Gasteiger partial charge is 0.274 e. The number of aromatic nitrogens is 3. The van der Waals surface area contributed by atoms with Crippen LogP contribution in [-0.4, -0.2) is 15.1 Å². The van der Waals surface area contributed by atoms with Crippen molar-refractivity contribution < 1.29 is 4.52 Å². The average Bonchev–Trinajstić information content (AvgIpc) is 3.08. The van der Waals surface area contributed by atoms with Gasteiger partial charge in [-0.2, -0.15) is 10.2 Å². The molecule has 0 atom stereocenters. The van der Waals surface area contributed by atoms with E-state index in [9.17, 15) is 0 Å². The zero-order chi connectivity index (χ0) is 13.2. The minimum absolute atomic E-state index is 0.361. The number of H-pyrrole nitrogens is 1. The Hall–Kier alpha value is -2.39. The molecule has 0 saturated heterocycles. The monoisotopic (exact) mass is 314 g/mol. The Morgan fingerprint density at radius 3 is 2.74 bits per heavy atom. The number of rotatable bonds is 2. The Balaban J connectivity index is 1.95. The molecule has 0 bridgehead atoms. The maximum Gasteiger partial charge on any atom is 0.274 e. The molecular formula is C13H7BrN4O. The third-order valence-electron chi connectivity index (χ3n) is 2.57. The minimum Gasteiger partial charge on any atom is -0.356 e. The van der Waals surface area contributed by atoms with Gasteiger partial charge in [-0.1, -0.05) is 21.1 Å². The third-order valence-corrected chi connectivity index (χ3v) is 3.10. The predicted octanol–water partition coefficient (Wildman–Crippen LogP) is 3.37. The molecule has 0 fully saturated rings. The van der Waals surface area contributed by atoms with E-state index in [0.29, 0.717) is 23.0 Å². The number of benzene rings is 1. The molecule has 1 aromatic carbocycles. The fourth-order valence-electron chi connectivity index (χ4n) is 1.63. The van der Waals surface area contributed by atoms with Gasteiger partial charge in [-0.25, -0.2) is 0 Å². The van der Waals surface area contributed by atoms with Gasteiger partial charge in [0, 0.05) is 16.2 Å². The van der Waals surface area contributed by atoms with Crippen molar-refractivity contribution in [2.45, 2.75) is 0 Å². The molecule has 0 saturated carbocycles. The molecule has 3 rings (SSSR count). The molecule has 0 spiro atoms. The SMILES string of the molecule is N#Cc1c[nH]c(-c2nc(-c3ccc(Br)cc3)no2)c1. The maximum atomic E-state index is 8.77. The number of hydrogen-bond acceptors (Lipinski definition) is 4. The molecule has 6 heteroatoms. The molecule has 1 N–H and O–H groups in total. The fraction of sp³-hybridized carbons (Fsp3) is 0. The van der Waals surface area contributed by atoms with Gasteiger partial charge in [0.25, 0.3) is 5.89 Å². The van der Waals surface area contributed by atoms with Crippen molar-refractivity contribution in [2.24, 2.45) is 0 Å². The normalized spacial score (nSPS) is 10.3. The molecule has 0 unspecified atom stereocenters. The van der Waals surface area contributed by atoms with Gasteiger partial charge in [0.2, 0.25) is 5.82 Å². The van der Waals surface area contributed by atoms with Crippen molar-refractivity contribution in [1.29, 1.82) is 5.26 Å². The summed E-state index contributed by atoms with van der Waals surface area (Å²) >= 11 is 3.37. The van der Waals surface area contributed by atoms with Crippen LogP contribution in [0.4, 0.5) is 0 Å². The van der Waals surface area contributed by atoms with Crippen LogP contribution in [0.15, 0.2) is 45.5 Å². The lowest BCUT2D eigenvalue weighted by molar-refractivity contribution is 0.431. The maximum absolute atomic E-state index is 8.77. The highest BCUT2D eigenvalue weighted by molar-refractivity contribution is 9.10. The number of aromatic amines is 1. The van der Waals surface area contributed by atoms with Crippen LogP contribution >= 0.6 is 15.9 Å². The number of nitriles is 1. The second-order valence-electron chi connectivity index (χ2n) is 3.84. The van der Waals surface area contributed by atoms with Crippen molar-refractivity contribution in [3.05, 3.63) is 46.6 Å². The lowest BCUT2D eigenvalue weighted by atomic mass is 10.2. The molecule has 2 aromatic heterocycles. The van der Waals surface area contributed by atoms with Crippen LogP contribution in [0.1, 0.15) is 5.56 Å². The summed E-state index contributed by atoms with van der Waals surface area (Å²) in [6.07, 6.45) is 1.60. The van der Waals surface area contributed by atoms with Crippen LogP contribution in [0, 0.1) is 11.3 Å². The summed E-state index contributed by atoms with van der Waals surface area (Å²) in [5, 5.41) is 12.7. The highest BCUT2D eigenvalue weighted by atomic mass is 79.9. The Labute approximate surface area is 117 Å². The van der Waals surface area contributed by atoms with E-state index >= 15 is 0 Å². The number of hydrogen-bond donors (Lipinski definition) is 1. The molecule has 92 valence electrons. The Morgan fingerprint density at radius 2 is 2.05 bits per heavy atom. The summed E-state index contributed by atoms with van der Waals surface area (Å²) in [4.78, 5) is 7.21. The first-order chi connectivity index (χ1) is 9.26. The van der Waals surface area contributed by atoms with E-state index in [0.717, 1.165) is 10.0 Å². The average molecular weight is 315 g/mol. The Morgan fingerprint density at radius 1 is 1.26 bits per heavy atom. The van der Waals surface area contributed by atoms with E-state index in [4.69, 9.17) is 9.78 Å². The quantitative estimate of drug-likeness (QED) is 0.786. The molecule has 3 aromatic rings. The van der Waals surface area contributed by atoms with Gasteiger partial charge in [-0.05, 0) is 30.3 Å². The summed E-state index contributed by atoms with van der Waals surface area (Å²) in [6.45, 7) is 0. The predicted molar refractivity (Wildman–Crippen MR) is 71.9 cm³/mol. The van der Waals surface area contributed by atoms with Gasteiger partial charge in [0.05, 0.1) is 5.56 Å². The fourth-order valence-corrected chi connectivity index (χ4v) is 1.90. The Bertz CT molecular complexity index is 752. The lowest BCUT2D eigenvalue weighted by Gasteiger charge is -1.93. The van der Waals surface area contributed by atoms with Crippen LogP contribution in [0.25, 0.3) is 23.0 Å². The topological polar surface area (TPSA) is 78.5 Å². The minimum atomic E-state index is 0.361. The van der Waals surface area contributed by atoms with E-state index < -0.39 is 0 Å². The van der Waals surface area contributed by atoms with Crippen molar-refractivity contribution in [1.82, 2.24) is 15.1 Å². The van der Waals surface area contributed by atoms with Gasteiger partial charge in [-0.15, -0.1) is 0 Å². The molecule has 0 aliphatic carbocycles. The Kier molecular flexibility index (Phi) is 2.89. The second-order valence-corrected chi connectivity index (χ2v) is 4.76. The van der Waals surface area contributed by atoms with E-state index in [2.05, 4.69) is 31.1 Å². The molecule has 19 heavy (non-hydrogen) atoms. The van der Waals surface area contributed by atoms with Crippen molar-refractivity contribution in [2.75, 3.05) is 0 Å². The summed E-state index contributed by atoms with van der Waals surface area (Å²) < 4.78 is 6.17. The summed E-state index contributed by atoms with van der Waals surface area (Å²) in [7, 11) is 0. The van der Waals surface area contributed by atoms with Gasteiger partial charge < -0.3 is 9.51 Å². The zero-order valence-electron chi connectivity index (χ0n) is 9.59. The molecule has 2 heterocycles. The van der Waals surface area contributed by atoms with Crippen LogP contribution in [0.2, 0.25) is 0 Å². The first-order valence-electron chi connectivity index (χ1n) is 5.45. The van der Waals surface area contributed by atoms with Gasteiger partial charge in [-0.3, -0.25) is 0 Å². The van der Waals surface area contributed by atoms with Crippen molar-refractivity contribution >= 4 is 15.9 Å². The molecule has 5 nitrogen and oxygen atoms in total. The first-order valence-corrected chi connectivity index (χ1v) is 6.24. The zero-order valence-corrected chi connectivity index (χ0v) is 11.2. The largest absolute Gasteiger partial charge is 0.356 e. The lowest BCUT2D eigenvalue weighted by Crippen LogP contribution is -1.80. The summed E-state index contributed by atoms with van der Waals surface area (Å²) in [6, 6.07) is 11.3. The van der Waals surface area contributed by atoms with Gasteiger partial charge in [0.15, 0.2) is 0 Å². The second kappa shape index (κ2) is 4.71.